The first-order chi connectivity index (χ1) is 26.7. The number of H-pyrrole nitrogens is 2. The largest absolute Gasteiger partial charge is 0.338 e. The lowest BCUT2D eigenvalue weighted by Gasteiger charge is -2.22. The van der Waals surface area contributed by atoms with Gasteiger partial charge in [-0.15, -0.1) is 0 Å². The van der Waals surface area contributed by atoms with Crippen LogP contribution in [-0.4, -0.2) is 95.1 Å². The molecule has 1 aliphatic heterocycles. The third-order valence-corrected chi connectivity index (χ3v) is 10.1. The van der Waals surface area contributed by atoms with E-state index in [0.717, 1.165) is 77.4 Å². The van der Waals surface area contributed by atoms with Crippen molar-refractivity contribution in [3.8, 4) is 22.3 Å². The molecular formula is C43H54N10O2. The number of aromatic amines is 2. The van der Waals surface area contributed by atoms with Gasteiger partial charge < -0.3 is 15.5 Å². The predicted octanol–water partition coefficient (Wildman–Crippen LogP) is 8.01. The van der Waals surface area contributed by atoms with Crippen LogP contribution < -0.4 is 21.3 Å². The van der Waals surface area contributed by atoms with Gasteiger partial charge in [0, 0.05) is 29.9 Å². The fourth-order valence-electron chi connectivity index (χ4n) is 6.92. The number of likely N-dealkylation sites (tertiary alicyclic amines) is 1. The number of carbonyl (C=O) groups is 2. The molecule has 12 heteroatoms. The minimum atomic E-state index is -0.236. The van der Waals surface area contributed by atoms with Crippen molar-refractivity contribution in [2.75, 3.05) is 57.5 Å². The van der Waals surface area contributed by atoms with Crippen LogP contribution in [-0.2, 0) is 6.42 Å². The van der Waals surface area contributed by atoms with Gasteiger partial charge in [-0.25, -0.2) is 9.59 Å². The van der Waals surface area contributed by atoms with Crippen LogP contribution >= 0.6 is 0 Å². The zero-order valence-electron chi connectivity index (χ0n) is 32.6. The molecule has 6 N–H and O–H groups in total. The molecule has 0 radical (unpaired) electrons. The van der Waals surface area contributed by atoms with E-state index < -0.39 is 0 Å². The predicted molar refractivity (Wildman–Crippen MR) is 225 cm³/mol. The maximum atomic E-state index is 12.4. The van der Waals surface area contributed by atoms with Crippen LogP contribution in [0.15, 0.2) is 84.9 Å². The fourth-order valence-corrected chi connectivity index (χ4v) is 6.92. The highest BCUT2D eigenvalue weighted by molar-refractivity contribution is 6.01. The summed E-state index contributed by atoms with van der Waals surface area (Å²) < 4.78 is 0. The van der Waals surface area contributed by atoms with E-state index in [9.17, 15) is 9.59 Å². The summed E-state index contributed by atoms with van der Waals surface area (Å²) >= 11 is 0. The summed E-state index contributed by atoms with van der Waals surface area (Å²) in [5.41, 5.74) is 8.93. The van der Waals surface area contributed by atoms with E-state index in [1.165, 1.54) is 23.1 Å². The van der Waals surface area contributed by atoms with E-state index in [1.54, 1.807) is 0 Å². The Kier molecular flexibility index (Phi) is 13.1. The van der Waals surface area contributed by atoms with Crippen LogP contribution in [0.25, 0.3) is 44.1 Å². The number of anilines is 2. The molecule has 7 rings (SSSR count). The summed E-state index contributed by atoms with van der Waals surface area (Å²) in [4.78, 5) is 28.9. The number of aryl methyl sites for hydroxylation is 2. The number of urea groups is 2. The SMILES string of the molecule is CCc1ccc(-c2ccc3c(NC(=O)NCC4CCCN4CC)n[nH]c3c2)cc1.Cc1ccc(-c2ccc3c(NC(=O)NCCCN(C)C)n[nH]c3c2)cc1. The van der Waals surface area contributed by atoms with Crippen molar-refractivity contribution in [1.82, 2.24) is 40.8 Å². The van der Waals surface area contributed by atoms with E-state index in [-0.39, 0.29) is 12.1 Å². The van der Waals surface area contributed by atoms with Crippen molar-refractivity contribution >= 4 is 45.5 Å². The maximum Gasteiger partial charge on any atom is 0.320 e. The zero-order chi connectivity index (χ0) is 38.7. The van der Waals surface area contributed by atoms with E-state index >= 15 is 0 Å². The molecule has 0 spiro atoms. The van der Waals surface area contributed by atoms with Crippen LogP contribution in [0.2, 0.25) is 0 Å². The van der Waals surface area contributed by atoms with Crippen molar-refractivity contribution in [3.05, 3.63) is 96.1 Å². The Bertz CT molecular complexity index is 2170. The van der Waals surface area contributed by atoms with E-state index in [1.807, 2.05) is 38.4 Å². The number of carbonyl (C=O) groups excluding carboxylic acids is 2. The first kappa shape index (κ1) is 39.0. The van der Waals surface area contributed by atoms with Gasteiger partial charge in [0.05, 0.1) is 11.0 Å². The van der Waals surface area contributed by atoms with Gasteiger partial charge in [0.2, 0.25) is 0 Å². The Morgan fingerprint density at radius 2 is 1.31 bits per heavy atom. The molecule has 4 amide bonds. The molecule has 4 aromatic carbocycles. The molecule has 1 aliphatic rings. The van der Waals surface area contributed by atoms with Gasteiger partial charge in [0.15, 0.2) is 11.6 Å². The summed E-state index contributed by atoms with van der Waals surface area (Å²) in [5, 5.41) is 27.9. The van der Waals surface area contributed by atoms with Crippen molar-refractivity contribution in [2.24, 2.45) is 0 Å². The number of hydrogen-bond donors (Lipinski definition) is 6. The van der Waals surface area contributed by atoms with Crippen LogP contribution in [0.3, 0.4) is 0 Å². The second-order valence-electron chi connectivity index (χ2n) is 14.4. The van der Waals surface area contributed by atoms with Gasteiger partial charge >= 0.3 is 12.1 Å². The van der Waals surface area contributed by atoms with Gasteiger partial charge in [-0.05, 0) is 118 Å². The molecule has 1 atom stereocenters. The Balaban J connectivity index is 0.000000188. The van der Waals surface area contributed by atoms with Gasteiger partial charge in [0.25, 0.3) is 0 Å². The summed E-state index contributed by atoms with van der Waals surface area (Å²) in [6, 6.07) is 29.2. The maximum absolute atomic E-state index is 12.4. The van der Waals surface area contributed by atoms with Gasteiger partial charge in [-0.3, -0.25) is 25.7 Å². The first-order valence-corrected chi connectivity index (χ1v) is 19.3. The van der Waals surface area contributed by atoms with Crippen molar-refractivity contribution in [1.29, 1.82) is 0 Å². The van der Waals surface area contributed by atoms with Crippen molar-refractivity contribution in [3.63, 3.8) is 0 Å². The summed E-state index contributed by atoms with van der Waals surface area (Å²) in [5.74, 6) is 1.10. The highest BCUT2D eigenvalue weighted by atomic mass is 16.2. The molecule has 55 heavy (non-hydrogen) atoms. The fraction of sp³-hybridized carbons (Fsp3) is 0.349. The molecule has 2 aromatic heterocycles. The number of fused-ring (bicyclic) bond motifs is 2. The van der Waals surface area contributed by atoms with Gasteiger partial charge in [-0.2, -0.15) is 10.2 Å². The van der Waals surface area contributed by atoms with Crippen LogP contribution in [0.5, 0.6) is 0 Å². The van der Waals surface area contributed by atoms with E-state index in [2.05, 4.69) is 133 Å². The number of nitrogens with one attached hydrogen (secondary N) is 6. The topological polar surface area (TPSA) is 146 Å². The Labute approximate surface area is 323 Å². The van der Waals surface area contributed by atoms with E-state index in [0.29, 0.717) is 30.8 Å². The van der Waals surface area contributed by atoms with Gasteiger partial charge in [0.1, 0.15) is 0 Å². The van der Waals surface area contributed by atoms with Crippen LogP contribution in [0.4, 0.5) is 21.2 Å². The molecule has 288 valence electrons. The number of hydrogen-bond acceptors (Lipinski definition) is 6. The summed E-state index contributed by atoms with van der Waals surface area (Å²) in [6.07, 6.45) is 4.28. The minimum absolute atomic E-state index is 0.208. The number of amides is 4. The molecule has 1 unspecified atom stereocenters. The van der Waals surface area contributed by atoms with Crippen molar-refractivity contribution < 1.29 is 9.59 Å². The third kappa shape index (κ3) is 10.3. The second kappa shape index (κ2) is 18.5. The average molecular weight is 743 g/mol. The second-order valence-corrected chi connectivity index (χ2v) is 14.4. The van der Waals surface area contributed by atoms with Gasteiger partial charge in [-0.1, -0.05) is 80.1 Å². The normalized spacial score (nSPS) is 14.2. The zero-order valence-corrected chi connectivity index (χ0v) is 32.6. The molecule has 1 saturated heterocycles. The number of rotatable bonds is 12. The van der Waals surface area contributed by atoms with Crippen LogP contribution in [0, 0.1) is 6.92 Å². The monoisotopic (exact) mass is 742 g/mol. The third-order valence-electron chi connectivity index (χ3n) is 10.1. The molecule has 1 fully saturated rings. The Morgan fingerprint density at radius 1 is 0.764 bits per heavy atom. The molecule has 3 heterocycles. The van der Waals surface area contributed by atoms with E-state index in [4.69, 9.17) is 0 Å². The number of nitrogens with zero attached hydrogens (tertiary/aromatic N) is 4. The Hall–Kier alpha value is -5.72. The average Bonchev–Trinajstić information content (AvgIpc) is 3.94. The lowest BCUT2D eigenvalue weighted by molar-refractivity contribution is 0.238. The number of likely N-dealkylation sites (N-methyl/N-ethyl adjacent to an activating group) is 1. The molecule has 0 aliphatic carbocycles. The standard InChI is InChI=1S/C23H29N5O.C20H25N5O/c1-3-16-7-9-17(10-8-16)18-11-12-20-21(14-18)26-27-22(20)25-23(29)24-15-19-6-5-13-28(19)4-2;1-14-5-7-15(8-6-14)16-9-10-17-18(13-16)23-24-19(17)22-20(26)21-11-4-12-25(2)3/h7-12,14,19H,3-6,13,15H2,1-2H3,(H3,24,25,26,27,29);5-10,13H,4,11-12H2,1-3H3,(H3,21,22,23,24,26). The summed E-state index contributed by atoms with van der Waals surface area (Å²) in [6.45, 7) is 10.8. The highest BCUT2D eigenvalue weighted by Gasteiger charge is 2.23. The molecule has 0 saturated carbocycles. The highest BCUT2D eigenvalue weighted by Crippen LogP contribution is 2.29. The van der Waals surface area contributed by atoms with Crippen LogP contribution in [0.1, 0.15) is 44.2 Å². The lowest BCUT2D eigenvalue weighted by Crippen LogP contribution is -2.41. The smallest absolute Gasteiger partial charge is 0.320 e. The minimum Gasteiger partial charge on any atom is -0.338 e. The number of aromatic nitrogens is 4. The first-order valence-electron chi connectivity index (χ1n) is 19.3. The molecule has 12 nitrogen and oxygen atoms in total. The molecule has 0 bridgehead atoms. The quantitative estimate of drug-likeness (QED) is 0.0701. The summed E-state index contributed by atoms with van der Waals surface area (Å²) in [7, 11) is 4.03. The van der Waals surface area contributed by atoms with Crippen molar-refractivity contribution in [2.45, 2.75) is 52.5 Å². The molecular weight excluding hydrogens is 689 g/mol. The Morgan fingerprint density at radius 3 is 1.85 bits per heavy atom. The number of benzene rings is 4. The lowest BCUT2D eigenvalue weighted by atomic mass is 10.0. The molecule has 6 aromatic rings.